The van der Waals surface area contributed by atoms with Crippen LogP contribution in [-0.2, 0) is 44.2 Å². The van der Waals surface area contributed by atoms with E-state index in [0.717, 1.165) is 22.9 Å². The average molecular weight is 539 g/mol. The van der Waals surface area contributed by atoms with E-state index in [0.29, 0.717) is 41.9 Å². The van der Waals surface area contributed by atoms with Crippen LogP contribution in [0.1, 0.15) is 54.0 Å². The first-order chi connectivity index (χ1) is 18.7. The molecule has 11 heteroatoms. The lowest BCUT2D eigenvalue weighted by atomic mass is 9.86. The molecule has 0 fully saturated rings. The van der Waals surface area contributed by atoms with Crippen LogP contribution >= 0.6 is 0 Å². The number of amides is 1. The molecule has 1 amide bonds. The smallest absolute Gasteiger partial charge is 0.343 e. The molecule has 0 saturated carbocycles. The number of esters is 1. The molecule has 1 atom stereocenters. The number of aryl methyl sites for hydroxylation is 2. The van der Waals surface area contributed by atoms with Gasteiger partial charge in [0.1, 0.15) is 19.2 Å². The van der Waals surface area contributed by atoms with E-state index in [1.807, 2.05) is 0 Å². The third-order valence-corrected chi connectivity index (χ3v) is 7.61. The number of carbonyl (C=O) groups is 2. The van der Waals surface area contributed by atoms with E-state index in [1.165, 1.54) is 6.07 Å². The summed E-state index contributed by atoms with van der Waals surface area (Å²) in [6.07, 6.45) is 2.13. The van der Waals surface area contributed by atoms with Gasteiger partial charge < -0.3 is 30.2 Å². The van der Waals surface area contributed by atoms with Crippen LogP contribution in [0.4, 0.5) is 4.39 Å². The van der Waals surface area contributed by atoms with Crippen molar-refractivity contribution in [1.82, 2.24) is 14.9 Å². The molecule has 2 aromatic heterocycles. The number of benzene rings is 1. The standard InChI is InChI=1S/C28H31FN4O6/c1-3-28(37)20-9-23-25-18(12-33(23)26(35)19(20)13-39-27(28)36)16(6-4-5-7-38-14-31-24(34)11-30)17-8-15(2)21(29)10-22(17)32-25/h8-10,37H,3-7,11-14,30H2,1-2H3,(H,31,34)/t28-/m0/s1. The molecule has 2 aliphatic rings. The predicted molar refractivity (Wildman–Crippen MR) is 140 cm³/mol. The van der Waals surface area contributed by atoms with E-state index >= 15 is 0 Å². The Morgan fingerprint density at radius 3 is 2.82 bits per heavy atom. The number of aliphatic hydroxyl groups is 1. The molecule has 0 saturated heterocycles. The van der Waals surface area contributed by atoms with Gasteiger partial charge in [0.2, 0.25) is 5.91 Å². The molecule has 0 aliphatic carbocycles. The molecule has 10 nitrogen and oxygen atoms in total. The van der Waals surface area contributed by atoms with Gasteiger partial charge in [-0.05, 0) is 55.9 Å². The molecule has 5 rings (SSSR count). The average Bonchev–Trinajstić information content (AvgIpc) is 3.29. The number of unbranched alkanes of at least 4 members (excludes halogenated alkanes) is 1. The number of carbonyl (C=O) groups excluding carboxylic acids is 2. The summed E-state index contributed by atoms with van der Waals surface area (Å²) < 4.78 is 26.8. The normalized spacial score (nSPS) is 17.5. The zero-order valence-electron chi connectivity index (χ0n) is 21.9. The van der Waals surface area contributed by atoms with Crippen LogP contribution in [0, 0.1) is 12.7 Å². The minimum absolute atomic E-state index is 0.0491. The SMILES string of the molecule is CC[C@@]1(O)C(=O)OCc2c1cc1n(c2=O)Cc2c-1nc1cc(F)c(C)cc1c2CCCCOCNC(=O)CN. The minimum Gasteiger partial charge on any atom is -0.458 e. The van der Waals surface area contributed by atoms with Gasteiger partial charge in [-0.1, -0.05) is 6.92 Å². The first-order valence-corrected chi connectivity index (χ1v) is 13.0. The van der Waals surface area contributed by atoms with Crippen molar-refractivity contribution in [3.05, 3.63) is 62.2 Å². The molecule has 3 aromatic rings. The lowest BCUT2D eigenvalue weighted by Crippen LogP contribution is -2.44. The molecule has 0 spiro atoms. The Bertz CT molecular complexity index is 1550. The van der Waals surface area contributed by atoms with Crippen molar-refractivity contribution in [3.8, 4) is 11.4 Å². The Morgan fingerprint density at radius 2 is 2.08 bits per heavy atom. The highest BCUT2D eigenvalue weighted by Gasteiger charge is 2.45. The van der Waals surface area contributed by atoms with Crippen molar-refractivity contribution in [3.63, 3.8) is 0 Å². The maximum Gasteiger partial charge on any atom is 0.343 e. The quantitative estimate of drug-likeness (QED) is 0.166. The Hall–Kier alpha value is -3.67. The molecule has 0 bridgehead atoms. The maximum absolute atomic E-state index is 14.6. The number of rotatable bonds is 9. The molecule has 2 aliphatic heterocycles. The molecular weight excluding hydrogens is 507 g/mol. The summed E-state index contributed by atoms with van der Waals surface area (Å²) in [5.41, 5.74) is 7.30. The van der Waals surface area contributed by atoms with Gasteiger partial charge in [-0.15, -0.1) is 0 Å². The zero-order chi connectivity index (χ0) is 27.9. The number of ether oxygens (including phenoxy) is 2. The van der Waals surface area contributed by atoms with E-state index in [2.05, 4.69) is 5.32 Å². The molecule has 0 unspecified atom stereocenters. The largest absolute Gasteiger partial charge is 0.458 e. The molecule has 206 valence electrons. The first-order valence-electron chi connectivity index (χ1n) is 13.0. The summed E-state index contributed by atoms with van der Waals surface area (Å²) in [6.45, 7) is 3.83. The second-order valence-corrected chi connectivity index (χ2v) is 9.95. The third-order valence-electron chi connectivity index (χ3n) is 7.61. The lowest BCUT2D eigenvalue weighted by Gasteiger charge is -2.31. The number of fused-ring (bicyclic) bond motifs is 5. The number of nitrogens with zero attached hydrogens (tertiary/aromatic N) is 2. The zero-order valence-corrected chi connectivity index (χ0v) is 21.9. The van der Waals surface area contributed by atoms with Crippen LogP contribution in [0.25, 0.3) is 22.3 Å². The van der Waals surface area contributed by atoms with Gasteiger partial charge in [0, 0.05) is 29.2 Å². The Kier molecular flexibility index (Phi) is 7.23. The van der Waals surface area contributed by atoms with Crippen molar-refractivity contribution < 1.29 is 28.6 Å². The Balaban J connectivity index is 1.52. The molecule has 0 radical (unpaired) electrons. The number of hydrogen-bond acceptors (Lipinski definition) is 8. The molecule has 39 heavy (non-hydrogen) atoms. The minimum atomic E-state index is -1.92. The summed E-state index contributed by atoms with van der Waals surface area (Å²) >= 11 is 0. The number of aromatic nitrogens is 2. The lowest BCUT2D eigenvalue weighted by molar-refractivity contribution is -0.172. The van der Waals surface area contributed by atoms with Crippen molar-refractivity contribution >= 4 is 22.8 Å². The fraction of sp³-hybridized carbons (Fsp3) is 0.429. The summed E-state index contributed by atoms with van der Waals surface area (Å²) in [7, 11) is 0. The monoisotopic (exact) mass is 538 g/mol. The topological polar surface area (TPSA) is 146 Å². The van der Waals surface area contributed by atoms with Gasteiger partial charge in [-0.2, -0.15) is 0 Å². The summed E-state index contributed by atoms with van der Waals surface area (Å²) in [5.74, 6) is -1.45. The van der Waals surface area contributed by atoms with Crippen molar-refractivity contribution in [1.29, 1.82) is 0 Å². The summed E-state index contributed by atoms with van der Waals surface area (Å²) in [6, 6.07) is 4.84. The number of hydrogen-bond donors (Lipinski definition) is 3. The van der Waals surface area contributed by atoms with Crippen LogP contribution in [0.5, 0.6) is 0 Å². The number of pyridine rings is 2. The summed E-state index contributed by atoms with van der Waals surface area (Å²) in [4.78, 5) is 42.0. The van der Waals surface area contributed by atoms with Crippen LogP contribution in [-0.4, -0.2) is 46.4 Å². The van der Waals surface area contributed by atoms with Gasteiger partial charge >= 0.3 is 5.97 Å². The molecule has 4 N–H and O–H groups in total. The van der Waals surface area contributed by atoms with Crippen LogP contribution in [0.3, 0.4) is 0 Å². The van der Waals surface area contributed by atoms with Gasteiger partial charge in [-0.25, -0.2) is 14.2 Å². The van der Waals surface area contributed by atoms with Crippen LogP contribution < -0.4 is 16.6 Å². The van der Waals surface area contributed by atoms with Gasteiger partial charge in [0.25, 0.3) is 5.56 Å². The van der Waals surface area contributed by atoms with Crippen LogP contribution in [0.15, 0.2) is 23.0 Å². The number of halogens is 1. The van der Waals surface area contributed by atoms with E-state index < -0.39 is 11.6 Å². The van der Waals surface area contributed by atoms with Gasteiger partial charge in [0.05, 0.1) is 35.6 Å². The number of cyclic esters (lactones) is 1. The Labute approximate surface area is 223 Å². The Morgan fingerprint density at radius 1 is 1.28 bits per heavy atom. The third kappa shape index (κ3) is 4.60. The van der Waals surface area contributed by atoms with E-state index in [1.54, 1.807) is 30.5 Å². The van der Waals surface area contributed by atoms with E-state index in [4.69, 9.17) is 20.2 Å². The second kappa shape index (κ2) is 10.5. The van der Waals surface area contributed by atoms with Gasteiger partial charge in [0.15, 0.2) is 5.60 Å². The number of nitrogens with one attached hydrogen (secondary N) is 1. The van der Waals surface area contributed by atoms with Crippen LogP contribution in [0.2, 0.25) is 0 Å². The fourth-order valence-electron chi connectivity index (χ4n) is 5.36. The van der Waals surface area contributed by atoms with E-state index in [-0.39, 0.29) is 61.3 Å². The maximum atomic E-state index is 14.6. The van der Waals surface area contributed by atoms with Crippen molar-refractivity contribution in [2.45, 2.75) is 58.3 Å². The first kappa shape index (κ1) is 26.9. The van der Waals surface area contributed by atoms with Gasteiger partial charge in [-0.3, -0.25) is 9.59 Å². The van der Waals surface area contributed by atoms with Crippen molar-refractivity contribution in [2.75, 3.05) is 19.9 Å². The predicted octanol–water partition coefficient (Wildman–Crippen LogP) is 1.90. The molecule has 1 aromatic carbocycles. The molecule has 4 heterocycles. The fourth-order valence-corrected chi connectivity index (χ4v) is 5.36. The molecular formula is C28H31FN4O6. The highest BCUT2D eigenvalue weighted by atomic mass is 19.1. The number of nitrogens with two attached hydrogens (primary N) is 1. The highest BCUT2D eigenvalue weighted by Crippen LogP contribution is 2.40. The summed E-state index contributed by atoms with van der Waals surface area (Å²) in [5, 5.41) is 14.5. The highest BCUT2D eigenvalue weighted by molar-refractivity contribution is 5.89. The second-order valence-electron chi connectivity index (χ2n) is 9.95. The van der Waals surface area contributed by atoms with Crippen molar-refractivity contribution in [2.24, 2.45) is 5.73 Å². The van der Waals surface area contributed by atoms with E-state index in [9.17, 15) is 23.9 Å².